The first-order valence-corrected chi connectivity index (χ1v) is 4.80. The van der Waals surface area contributed by atoms with Gasteiger partial charge in [0.05, 0.1) is 0 Å². The Labute approximate surface area is 87.9 Å². The van der Waals surface area contributed by atoms with Crippen molar-refractivity contribution < 1.29 is 9.59 Å². The van der Waals surface area contributed by atoms with Crippen LogP contribution in [0.4, 0.5) is 4.79 Å². The van der Waals surface area contributed by atoms with Crippen LogP contribution in [0.2, 0.25) is 0 Å². The molecule has 1 aromatic carbocycles. The average Bonchev–Trinajstić information content (AvgIpc) is 2.48. The molecule has 1 atom stereocenters. The molecule has 1 aromatic rings. The van der Waals surface area contributed by atoms with Crippen LogP contribution in [0, 0.1) is 0 Å². The van der Waals surface area contributed by atoms with Crippen LogP contribution in [-0.2, 0) is 11.2 Å². The van der Waals surface area contributed by atoms with Gasteiger partial charge in [-0.25, -0.2) is 4.79 Å². The van der Waals surface area contributed by atoms with Gasteiger partial charge in [0.1, 0.15) is 6.04 Å². The number of amides is 3. The maximum atomic E-state index is 11.6. The second-order valence-corrected chi connectivity index (χ2v) is 3.59. The fourth-order valence-corrected chi connectivity index (χ4v) is 1.63. The van der Waals surface area contributed by atoms with Gasteiger partial charge in [0, 0.05) is 13.5 Å². The number of carbonyl (C=O) groups is 2. The molecule has 4 nitrogen and oxygen atoms in total. The van der Waals surface area contributed by atoms with E-state index in [1.807, 2.05) is 30.3 Å². The van der Waals surface area contributed by atoms with Gasteiger partial charge in [-0.05, 0) is 5.56 Å². The zero-order chi connectivity index (χ0) is 10.8. The van der Waals surface area contributed by atoms with Crippen molar-refractivity contribution in [2.45, 2.75) is 12.5 Å². The lowest BCUT2D eigenvalue weighted by molar-refractivity contribution is -0.126. The van der Waals surface area contributed by atoms with Crippen molar-refractivity contribution in [3.63, 3.8) is 0 Å². The predicted molar refractivity (Wildman–Crippen MR) is 55.2 cm³/mol. The minimum atomic E-state index is -0.412. The molecular weight excluding hydrogens is 192 g/mol. The number of nitrogens with one attached hydrogen (secondary N) is 1. The highest BCUT2D eigenvalue weighted by molar-refractivity contribution is 6.03. The third-order valence-corrected chi connectivity index (χ3v) is 2.51. The third-order valence-electron chi connectivity index (χ3n) is 2.51. The SMILES string of the molecule is CN1C(=O)N[C@H](Cc2ccccc2)C1=O. The molecule has 1 fully saturated rings. The van der Waals surface area contributed by atoms with Crippen LogP contribution in [0.5, 0.6) is 0 Å². The standard InChI is InChI=1S/C11H12N2O2/c1-13-10(14)9(12-11(13)15)7-8-5-3-2-4-6-8/h2-6,9H,7H2,1H3,(H,12,15)/t9-/m1/s1. The molecule has 1 aliphatic heterocycles. The summed E-state index contributed by atoms with van der Waals surface area (Å²) in [7, 11) is 1.49. The van der Waals surface area contributed by atoms with Gasteiger partial charge in [-0.15, -0.1) is 0 Å². The van der Waals surface area contributed by atoms with Crippen LogP contribution in [0.25, 0.3) is 0 Å². The van der Waals surface area contributed by atoms with Crippen molar-refractivity contribution in [3.05, 3.63) is 35.9 Å². The minimum absolute atomic E-state index is 0.163. The average molecular weight is 204 g/mol. The monoisotopic (exact) mass is 204 g/mol. The first-order chi connectivity index (χ1) is 7.18. The van der Waals surface area contributed by atoms with E-state index in [1.54, 1.807) is 0 Å². The van der Waals surface area contributed by atoms with Gasteiger partial charge in [-0.1, -0.05) is 30.3 Å². The summed E-state index contributed by atoms with van der Waals surface area (Å²) in [6.07, 6.45) is 0.551. The van der Waals surface area contributed by atoms with E-state index in [2.05, 4.69) is 5.32 Å². The summed E-state index contributed by atoms with van der Waals surface area (Å²) in [6.45, 7) is 0. The normalized spacial score (nSPS) is 20.6. The Morgan fingerprint density at radius 1 is 1.27 bits per heavy atom. The van der Waals surface area contributed by atoms with Crippen LogP contribution in [0.3, 0.4) is 0 Å². The number of nitrogens with zero attached hydrogens (tertiary/aromatic N) is 1. The van der Waals surface area contributed by atoms with Gasteiger partial charge in [-0.2, -0.15) is 0 Å². The molecule has 0 aromatic heterocycles. The van der Waals surface area contributed by atoms with Crippen LogP contribution in [-0.4, -0.2) is 29.9 Å². The number of imide groups is 1. The Morgan fingerprint density at radius 2 is 1.93 bits per heavy atom. The predicted octanol–water partition coefficient (Wildman–Crippen LogP) is 0.779. The van der Waals surface area contributed by atoms with Crippen LogP contribution >= 0.6 is 0 Å². The van der Waals surface area contributed by atoms with E-state index in [0.717, 1.165) is 10.5 Å². The van der Waals surface area contributed by atoms with E-state index in [4.69, 9.17) is 0 Å². The molecule has 1 heterocycles. The number of urea groups is 1. The molecule has 1 saturated heterocycles. The van der Waals surface area contributed by atoms with Gasteiger partial charge in [0.2, 0.25) is 0 Å². The van der Waals surface area contributed by atoms with Crippen molar-refractivity contribution in [2.24, 2.45) is 0 Å². The van der Waals surface area contributed by atoms with E-state index >= 15 is 0 Å². The summed E-state index contributed by atoms with van der Waals surface area (Å²) in [5.41, 5.74) is 1.05. The highest BCUT2D eigenvalue weighted by Gasteiger charge is 2.34. The van der Waals surface area contributed by atoms with E-state index in [0.29, 0.717) is 6.42 Å². The van der Waals surface area contributed by atoms with Crippen LogP contribution in [0.1, 0.15) is 5.56 Å². The Hall–Kier alpha value is -1.84. The number of carbonyl (C=O) groups excluding carboxylic acids is 2. The Kier molecular flexibility index (Phi) is 2.41. The summed E-state index contributed by atoms with van der Waals surface area (Å²) >= 11 is 0. The van der Waals surface area contributed by atoms with Crippen molar-refractivity contribution >= 4 is 11.9 Å². The smallest absolute Gasteiger partial charge is 0.324 e. The van der Waals surface area contributed by atoms with E-state index < -0.39 is 6.04 Å². The largest absolute Gasteiger partial charge is 0.325 e. The lowest BCUT2D eigenvalue weighted by Crippen LogP contribution is -2.31. The summed E-state index contributed by atoms with van der Waals surface area (Å²) in [5, 5.41) is 2.64. The Morgan fingerprint density at radius 3 is 2.47 bits per heavy atom. The molecule has 4 heteroatoms. The van der Waals surface area contributed by atoms with Crippen LogP contribution in [0.15, 0.2) is 30.3 Å². The zero-order valence-electron chi connectivity index (χ0n) is 8.43. The Balaban J connectivity index is 2.09. The van der Waals surface area contributed by atoms with Crippen molar-refractivity contribution in [1.29, 1.82) is 0 Å². The second kappa shape index (κ2) is 3.73. The number of hydrogen-bond acceptors (Lipinski definition) is 2. The van der Waals surface area contributed by atoms with Crippen molar-refractivity contribution in [2.75, 3.05) is 7.05 Å². The lowest BCUT2D eigenvalue weighted by atomic mass is 10.1. The molecule has 0 bridgehead atoms. The molecule has 0 unspecified atom stereocenters. The quantitative estimate of drug-likeness (QED) is 0.724. The number of hydrogen-bond donors (Lipinski definition) is 1. The van der Waals surface area contributed by atoms with Gasteiger partial charge in [0.15, 0.2) is 0 Å². The molecule has 0 aliphatic carbocycles. The second-order valence-electron chi connectivity index (χ2n) is 3.59. The van der Waals surface area contributed by atoms with E-state index in [9.17, 15) is 9.59 Å². The van der Waals surface area contributed by atoms with Gasteiger partial charge in [-0.3, -0.25) is 9.69 Å². The zero-order valence-corrected chi connectivity index (χ0v) is 8.43. The fraction of sp³-hybridized carbons (Fsp3) is 0.273. The van der Waals surface area contributed by atoms with Crippen molar-refractivity contribution in [3.8, 4) is 0 Å². The first-order valence-electron chi connectivity index (χ1n) is 4.80. The molecule has 1 aliphatic rings. The Bertz CT molecular complexity index is 389. The topological polar surface area (TPSA) is 49.4 Å². The highest BCUT2D eigenvalue weighted by Crippen LogP contribution is 2.10. The van der Waals surface area contributed by atoms with Crippen LogP contribution < -0.4 is 5.32 Å². The molecule has 15 heavy (non-hydrogen) atoms. The minimum Gasteiger partial charge on any atom is -0.325 e. The third kappa shape index (κ3) is 1.83. The molecule has 0 saturated carbocycles. The maximum absolute atomic E-state index is 11.6. The van der Waals surface area contributed by atoms with Gasteiger partial charge >= 0.3 is 6.03 Å². The summed E-state index contributed by atoms with van der Waals surface area (Å²) in [4.78, 5) is 23.9. The van der Waals surface area contributed by atoms with E-state index in [-0.39, 0.29) is 11.9 Å². The molecule has 0 radical (unpaired) electrons. The maximum Gasteiger partial charge on any atom is 0.324 e. The van der Waals surface area contributed by atoms with Gasteiger partial charge in [0.25, 0.3) is 5.91 Å². The molecule has 0 spiro atoms. The summed E-state index contributed by atoms with van der Waals surface area (Å²) < 4.78 is 0. The molecule has 3 amide bonds. The number of benzene rings is 1. The molecule has 1 N–H and O–H groups in total. The van der Waals surface area contributed by atoms with Crippen molar-refractivity contribution in [1.82, 2.24) is 10.2 Å². The lowest BCUT2D eigenvalue weighted by Gasteiger charge is -2.07. The number of likely N-dealkylation sites (N-methyl/N-ethyl adjacent to an activating group) is 1. The fourth-order valence-electron chi connectivity index (χ4n) is 1.63. The first kappa shape index (κ1) is 9.71. The number of rotatable bonds is 2. The summed E-state index contributed by atoms with van der Waals surface area (Å²) in [6, 6.07) is 8.91. The molecular formula is C11H12N2O2. The molecule has 78 valence electrons. The highest BCUT2D eigenvalue weighted by atomic mass is 16.2. The molecule has 2 rings (SSSR count). The van der Waals surface area contributed by atoms with Gasteiger partial charge < -0.3 is 5.32 Å². The summed E-state index contributed by atoms with van der Waals surface area (Å²) in [5.74, 6) is -0.163. The van der Waals surface area contributed by atoms with E-state index in [1.165, 1.54) is 7.05 Å².